The van der Waals surface area contributed by atoms with E-state index >= 15 is 0 Å². The molecule has 26 heavy (non-hydrogen) atoms. The van der Waals surface area contributed by atoms with Crippen molar-refractivity contribution < 1.29 is 18.0 Å². The van der Waals surface area contributed by atoms with Gasteiger partial charge in [0.1, 0.15) is 0 Å². The van der Waals surface area contributed by atoms with Gasteiger partial charge in [-0.1, -0.05) is 30.3 Å². The molecular weight excluding hydrogens is 354 g/mol. The molecule has 0 aromatic heterocycles. The first-order valence-electron chi connectivity index (χ1n) is 8.89. The van der Waals surface area contributed by atoms with Crippen LogP contribution in [0.5, 0.6) is 0 Å². The van der Waals surface area contributed by atoms with E-state index < -0.39 is 10.0 Å². The Labute approximate surface area is 155 Å². The quantitative estimate of drug-likeness (QED) is 0.793. The molecule has 1 aromatic carbocycles. The minimum absolute atomic E-state index is 0.0297. The van der Waals surface area contributed by atoms with Crippen molar-refractivity contribution >= 4 is 21.8 Å². The van der Waals surface area contributed by atoms with Gasteiger partial charge in [-0.05, 0) is 30.7 Å². The molecule has 1 heterocycles. The molecule has 0 radical (unpaired) electrons. The Morgan fingerprint density at radius 2 is 1.69 bits per heavy atom. The number of hydrogen-bond donors (Lipinski definition) is 2. The maximum Gasteiger partial charge on any atom is 0.235 e. The smallest absolute Gasteiger partial charge is 0.235 e. The van der Waals surface area contributed by atoms with E-state index in [-0.39, 0.29) is 30.8 Å². The van der Waals surface area contributed by atoms with E-state index in [1.807, 2.05) is 30.3 Å². The molecular formula is C18H27N3O4S. The molecule has 1 aromatic rings. The Kier molecular flexibility index (Phi) is 7.59. The monoisotopic (exact) mass is 381 g/mol. The van der Waals surface area contributed by atoms with Crippen LogP contribution in [0.15, 0.2) is 30.3 Å². The molecule has 7 nitrogen and oxygen atoms in total. The predicted octanol–water partition coefficient (Wildman–Crippen LogP) is 0.838. The van der Waals surface area contributed by atoms with Gasteiger partial charge < -0.3 is 10.6 Å². The normalized spacial score (nSPS) is 22.1. The van der Waals surface area contributed by atoms with Crippen molar-refractivity contribution in [1.82, 2.24) is 14.9 Å². The number of nitrogens with one attached hydrogen (secondary N) is 2. The van der Waals surface area contributed by atoms with Crippen LogP contribution in [0.25, 0.3) is 0 Å². The van der Waals surface area contributed by atoms with E-state index in [2.05, 4.69) is 10.6 Å². The summed E-state index contributed by atoms with van der Waals surface area (Å²) in [6.45, 7) is 0.849. The van der Waals surface area contributed by atoms with Gasteiger partial charge >= 0.3 is 0 Å². The van der Waals surface area contributed by atoms with Crippen LogP contribution in [0.1, 0.15) is 37.2 Å². The van der Waals surface area contributed by atoms with Crippen LogP contribution in [-0.4, -0.2) is 57.0 Å². The number of carbonyl (C=O) groups excluding carboxylic acids is 2. The van der Waals surface area contributed by atoms with Crippen molar-refractivity contribution in [3.63, 3.8) is 0 Å². The Balaban J connectivity index is 2.07. The summed E-state index contributed by atoms with van der Waals surface area (Å²) in [5.74, 6) is -0.169. The van der Waals surface area contributed by atoms with Gasteiger partial charge in [-0.2, -0.15) is 4.31 Å². The Morgan fingerprint density at radius 3 is 2.38 bits per heavy atom. The molecule has 1 fully saturated rings. The highest BCUT2D eigenvalue weighted by molar-refractivity contribution is 7.88. The molecule has 0 spiro atoms. The number of rotatable bonds is 2. The molecule has 0 aliphatic carbocycles. The second-order valence-electron chi connectivity index (χ2n) is 6.58. The number of amides is 2. The molecule has 1 atom stereocenters. The van der Waals surface area contributed by atoms with E-state index in [1.165, 1.54) is 0 Å². The zero-order chi connectivity index (χ0) is 19.0. The lowest BCUT2D eigenvalue weighted by Crippen LogP contribution is -2.42. The van der Waals surface area contributed by atoms with Gasteiger partial charge in [0.05, 0.1) is 12.8 Å². The molecule has 1 unspecified atom stereocenters. The fourth-order valence-electron chi connectivity index (χ4n) is 3.04. The first-order valence-corrected chi connectivity index (χ1v) is 10.7. The van der Waals surface area contributed by atoms with Gasteiger partial charge in [-0.3, -0.25) is 9.59 Å². The Hall–Kier alpha value is -1.93. The zero-order valence-corrected chi connectivity index (χ0v) is 15.9. The molecule has 1 aliphatic rings. The molecule has 0 bridgehead atoms. The van der Waals surface area contributed by atoms with E-state index in [0.29, 0.717) is 38.8 Å². The molecule has 1 aliphatic heterocycles. The summed E-state index contributed by atoms with van der Waals surface area (Å²) in [7, 11) is -3.47. The lowest BCUT2D eigenvalue weighted by molar-refractivity contribution is -0.122. The van der Waals surface area contributed by atoms with E-state index in [9.17, 15) is 18.0 Å². The molecule has 144 valence electrons. The van der Waals surface area contributed by atoms with Crippen LogP contribution in [-0.2, 0) is 19.6 Å². The minimum atomic E-state index is -3.47. The number of benzene rings is 1. The molecule has 2 amide bonds. The molecule has 1 saturated heterocycles. The van der Waals surface area contributed by atoms with Crippen LogP contribution in [0, 0.1) is 0 Å². The highest BCUT2D eigenvalue weighted by atomic mass is 32.2. The minimum Gasteiger partial charge on any atom is -0.356 e. The summed E-state index contributed by atoms with van der Waals surface area (Å²) in [6.07, 6.45) is 3.37. The van der Waals surface area contributed by atoms with E-state index in [4.69, 9.17) is 0 Å². The van der Waals surface area contributed by atoms with Gasteiger partial charge in [0.25, 0.3) is 0 Å². The number of nitrogens with zero attached hydrogens (tertiary/aromatic N) is 1. The van der Waals surface area contributed by atoms with Crippen LogP contribution in [0.2, 0.25) is 0 Å². The van der Waals surface area contributed by atoms with Gasteiger partial charge in [0.2, 0.25) is 21.8 Å². The lowest BCUT2D eigenvalue weighted by Gasteiger charge is -2.22. The van der Waals surface area contributed by atoms with Crippen molar-refractivity contribution in [1.29, 1.82) is 0 Å². The third kappa shape index (κ3) is 6.76. The van der Waals surface area contributed by atoms with Crippen LogP contribution in [0.4, 0.5) is 0 Å². The van der Waals surface area contributed by atoms with E-state index in [1.54, 1.807) is 0 Å². The summed E-state index contributed by atoms with van der Waals surface area (Å²) in [6, 6.07) is 9.92. The average Bonchev–Trinajstić information content (AvgIpc) is 2.59. The zero-order valence-electron chi connectivity index (χ0n) is 15.1. The lowest BCUT2D eigenvalue weighted by atomic mass is 9.91. The fourth-order valence-corrected chi connectivity index (χ4v) is 3.86. The van der Waals surface area contributed by atoms with Gasteiger partial charge in [-0.15, -0.1) is 0 Å². The van der Waals surface area contributed by atoms with Gasteiger partial charge in [0.15, 0.2) is 0 Å². The van der Waals surface area contributed by atoms with Crippen LogP contribution in [0.3, 0.4) is 0 Å². The van der Waals surface area contributed by atoms with Crippen molar-refractivity contribution in [2.24, 2.45) is 0 Å². The third-order valence-electron chi connectivity index (χ3n) is 4.50. The standard InChI is InChI=1S/C18H27N3O4S/c1-26(24,25)21-13-5-11-19-17(22)9-8-16(10-12-20-18(23)14-21)15-6-3-2-4-7-15/h2-4,6-7,16H,5,8-14H2,1H3,(H,19,22)(H,20,23). The SMILES string of the molecule is CS(=O)(=O)N1CCCNC(=O)CCC(c2ccccc2)CCNC(=O)C1. The molecule has 0 saturated carbocycles. The maximum atomic E-state index is 12.1. The van der Waals surface area contributed by atoms with Crippen molar-refractivity contribution in [3.8, 4) is 0 Å². The van der Waals surface area contributed by atoms with Gasteiger partial charge in [-0.25, -0.2) is 8.42 Å². The largest absolute Gasteiger partial charge is 0.356 e. The number of carbonyl (C=O) groups is 2. The van der Waals surface area contributed by atoms with Crippen LogP contribution < -0.4 is 10.6 Å². The summed E-state index contributed by atoms with van der Waals surface area (Å²) in [5.41, 5.74) is 1.14. The summed E-state index contributed by atoms with van der Waals surface area (Å²) >= 11 is 0. The first kappa shape index (κ1) is 20.4. The topological polar surface area (TPSA) is 95.6 Å². The maximum absolute atomic E-state index is 12.1. The van der Waals surface area contributed by atoms with E-state index in [0.717, 1.165) is 16.1 Å². The highest BCUT2D eigenvalue weighted by Crippen LogP contribution is 2.24. The summed E-state index contributed by atoms with van der Waals surface area (Å²) < 4.78 is 24.8. The third-order valence-corrected chi connectivity index (χ3v) is 5.75. The predicted molar refractivity (Wildman–Crippen MR) is 100 cm³/mol. The van der Waals surface area contributed by atoms with Crippen molar-refractivity contribution in [3.05, 3.63) is 35.9 Å². The molecule has 2 N–H and O–H groups in total. The summed E-state index contributed by atoms with van der Waals surface area (Å²) in [4.78, 5) is 24.2. The van der Waals surface area contributed by atoms with Gasteiger partial charge in [0, 0.05) is 26.1 Å². The molecule has 8 heteroatoms. The van der Waals surface area contributed by atoms with Crippen LogP contribution >= 0.6 is 0 Å². The van der Waals surface area contributed by atoms with Crippen molar-refractivity contribution in [2.45, 2.75) is 31.6 Å². The average molecular weight is 381 g/mol. The second-order valence-corrected chi connectivity index (χ2v) is 8.57. The number of hydrogen-bond acceptors (Lipinski definition) is 4. The summed E-state index contributed by atoms with van der Waals surface area (Å²) in [5, 5.41) is 5.63. The Bertz CT molecular complexity index is 706. The number of sulfonamides is 1. The highest BCUT2D eigenvalue weighted by Gasteiger charge is 2.21. The fraction of sp³-hybridized carbons (Fsp3) is 0.556. The second kappa shape index (κ2) is 9.68. The Morgan fingerprint density at radius 1 is 1.00 bits per heavy atom. The first-order chi connectivity index (χ1) is 12.4. The van der Waals surface area contributed by atoms with Crippen molar-refractivity contribution in [2.75, 3.05) is 32.4 Å². The molecule has 2 rings (SSSR count).